The predicted octanol–water partition coefficient (Wildman–Crippen LogP) is 2.98. The first-order valence-electron chi connectivity index (χ1n) is 8.72. The Kier molecular flexibility index (Phi) is 5.87. The van der Waals surface area contributed by atoms with E-state index in [1.54, 1.807) is 11.3 Å². The van der Waals surface area contributed by atoms with Gasteiger partial charge in [0, 0.05) is 30.4 Å². The molecule has 130 valence electrons. The number of morpholine rings is 1. The van der Waals surface area contributed by atoms with Crippen molar-refractivity contribution in [3.63, 3.8) is 0 Å². The topological polar surface area (TPSA) is 41.6 Å². The highest BCUT2D eigenvalue weighted by molar-refractivity contribution is 7.17. The third kappa shape index (κ3) is 4.35. The van der Waals surface area contributed by atoms with Gasteiger partial charge in [-0.05, 0) is 35.7 Å². The summed E-state index contributed by atoms with van der Waals surface area (Å²) >= 11 is 1.72. The van der Waals surface area contributed by atoms with Crippen molar-refractivity contribution in [1.82, 2.24) is 10.2 Å². The highest BCUT2D eigenvalue weighted by Crippen LogP contribution is 2.27. The van der Waals surface area contributed by atoms with E-state index >= 15 is 0 Å². The molecule has 0 aliphatic carbocycles. The number of hydrogen-bond acceptors (Lipinski definition) is 4. The Bertz CT molecular complexity index is 692. The number of nitrogens with zero attached hydrogens (tertiary/aromatic N) is 1. The van der Waals surface area contributed by atoms with Crippen molar-refractivity contribution < 1.29 is 9.53 Å². The number of ether oxygens (including phenoxy) is 1. The minimum atomic E-state index is 0.122. The Morgan fingerprint density at radius 3 is 2.92 bits per heavy atom. The summed E-state index contributed by atoms with van der Waals surface area (Å²) in [5.74, 6) is 0.122. The van der Waals surface area contributed by atoms with Gasteiger partial charge in [0.15, 0.2) is 0 Å². The van der Waals surface area contributed by atoms with Crippen LogP contribution in [0.3, 0.4) is 0 Å². The molecule has 0 bridgehead atoms. The molecule has 1 saturated heterocycles. The molecule has 0 spiro atoms. The summed E-state index contributed by atoms with van der Waals surface area (Å²) in [6.07, 6.45) is 1.41. The molecule has 1 aromatic heterocycles. The quantitative estimate of drug-likeness (QED) is 0.874. The van der Waals surface area contributed by atoms with Crippen molar-refractivity contribution >= 4 is 27.3 Å². The lowest BCUT2D eigenvalue weighted by atomic mass is 10.1. The van der Waals surface area contributed by atoms with Crippen LogP contribution in [0.4, 0.5) is 0 Å². The van der Waals surface area contributed by atoms with E-state index in [2.05, 4.69) is 47.6 Å². The summed E-state index contributed by atoms with van der Waals surface area (Å²) in [6.45, 7) is 8.65. The van der Waals surface area contributed by atoms with Crippen LogP contribution in [0, 0.1) is 6.92 Å². The molecule has 1 unspecified atom stereocenters. The summed E-state index contributed by atoms with van der Waals surface area (Å²) in [5.41, 5.74) is 2.37. The predicted molar refractivity (Wildman–Crippen MR) is 99.7 cm³/mol. The van der Waals surface area contributed by atoms with Crippen molar-refractivity contribution in [2.24, 2.45) is 0 Å². The van der Waals surface area contributed by atoms with Crippen molar-refractivity contribution in [3.05, 3.63) is 34.7 Å². The van der Waals surface area contributed by atoms with Gasteiger partial charge in [0.1, 0.15) is 0 Å². The van der Waals surface area contributed by atoms with Gasteiger partial charge in [0.25, 0.3) is 0 Å². The maximum atomic E-state index is 12.5. The number of fused-ring (bicyclic) bond motifs is 1. The first kappa shape index (κ1) is 17.4. The second-order valence-electron chi connectivity index (χ2n) is 6.52. The van der Waals surface area contributed by atoms with Gasteiger partial charge >= 0.3 is 0 Å². The molecular weight excluding hydrogens is 320 g/mol. The number of carbonyl (C=O) groups is 1. The summed E-state index contributed by atoms with van der Waals surface area (Å²) in [6, 6.07) is 6.66. The summed E-state index contributed by atoms with van der Waals surface area (Å²) in [4.78, 5) is 14.9. The van der Waals surface area contributed by atoms with E-state index < -0.39 is 0 Å². The fraction of sp³-hybridized carbons (Fsp3) is 0.526. The number of thiophene rings is 1. The molecule has 1 aliphatic rings. The molecule has 1 atom stereocenters. The van der Waals surface area contributed by atoms with Gasteiger partial charge < -0.3 is 10.1 Å². The van der Waals surface area contributed by atoms with Crippen LogP contribution in [-0.4, -0.2) is 49.7 Å². The highest BCUT2D eigenvalue weighted by Gasteiger charge is 2.18. The van der Waals surface area contributed by atoms with Crippen molar-refractivity contribution in [1.29, 1.82) is 0 Å². The van der Waals surface area contributed by atoms with Gasteiger partial charge in [-0.25, -0.2) is 0 Å². The molecular formula is C19H26N2O2S. The lowest BCUT2D eigenvalue weighted by molar-refractivity contribution is -0.121. The van der Waals surface area contributed by atoms with Gasteiger partial charge in [0.05, 0.1) is 19.6 Å². The van der Waals surface area contributed by atoms with Crippen molar-refractivity contribution in [2.45, 2.75) is 32.7 Å². The number of aryl methyl sites for hydroxylation is 1. The Morgan fingerprint density at radius 2 is 2.17 bits per heavy atom. The average Bonchev–Trinajstić information content (AvgIpc) is 2.97. The number of hydrogen-bond donors (Lipinski definition) is 1. The molecule has 0 radical (unpaired) electrons. The van der Waals surface area contributed by atoms with E-state index in [-0.39, 0.29) is 11.9 Å². The Hall–Kier alpha value is -1.43. The highest BCUT2D eigenvalue weighted by atomic mass is 32.1. The van der Waals surface area contributed by atoms with E-state index in [1.165, 1.54) is 15.6 Å². The van der Waals surface area contributed by atoms with Gasteiger partial charge in [-0.2, -0.15) is 0 Å². The molecule has 2 aromatic rings. The molecule has 24 heavy (non-hydrogen) atoms. The third-order valence-corrected chi connectivity index (χ3v) is 5.61. The smallest absolute Gasteiger partial charge is 0.224 e. The monoisotopic (exact) mass is 346 g/mol. The number of nitrogens with one attached hydrogen (secondary N) is 1. The van der Waals surface area contributed by atoms with Crippen LogP contribution in [0.15, 0.2) is 23.6 Å². The maximum Gasteiger partial charge on any atom is 0.224 e. The molecule has 1 N–H and O–H groups in total. The molecule has 1 aliphatic heterocycles. The lowest BCUT2D eigenvalue weighted by Crippen LogP contribution is -2.47. The second-order valence-corrected chi connectivity index (χ2v) is 7.43. The molecule has 0 saturated carbocycles. The Morgan fingerprint density at radius 1 is 1.38 bits per heavy atom. The van der Waals surface area contributed by atoms with Crippen LogP contribution < -0.4 is 5.32 Å². The number of benzene rings is 1. The molecule has 4 nitrogen and oxygen atoms in total. The first-order chi connectivity index (χ1) is 11.7. The molecule has 1 fully saturated rings. The summed E-state index contributed by atoms with van der Waals surface area (Å²) < 4.78 is 6.64. The minimum absolute atomic E-state index is 0.122. The Balaban J connectivity index is 1.59. The molecule has 1 amide bonds. The fourth-order valence-electron chi connectivity index (χ4n) is 3.16. The minimum Gasteiger partial charge on any atom is -0.379 e. The van der Waals surface area contributed by atoms with E-state index in [4.69, 9.17) is 4.74 Å². The summed E-state index contributed by atoms with van der Waals surface area (Å²) in [5, 5.41) is 6.55. The van der Waals surface area contributed by atoms with Gasteiger partial charge in [-0.1, -0.05) is 24.6 Å². The number of amides is 1. The van der Waals surface area contributed by atoms with E-state index in [0.29, 0.717) is 6.42 Å². The second kappa shape index (κ2) is 8.10. The molecule has 1 aromatic carbocycles. The van der Waals surface area contributed by atoms with Crippen molar-refractivity contribution in [3.8, 4) is 0 Å². The zero-order valence-corrected chi connectivity index (χ0v) is 15.3. The third-order valence-electron chi connectivity index (χ3n) is 4.60. The van der Waals surface area contributed by atoms with Crippen molar-refractivity contribution in [2.75, 3.05) is 32.8 Å². The van der Waals surface area contributed by atoms with Crippen LogP contribution in [0.1, 0.15) is 24.5 Å². The first-order valence-corrected chi connectivity index (χ1v) is 9.60. The van der Waals surface area contributed by atoms with Crippen LogP contribution in [0.25, 0.3) is 10.1 Å². The summed E-state index contributed by atoms with van der Waals surface area (Å²) in [7, 11) is 0. The van der Waals surface area contributed by atoms with Gasteiger partial charge in [0.2, 0.25) is 5.91 Å². The van der Waals surface area contributed by atoms with E-state index in [9.17, 15) is 4.79 Å². The average molecular weight is 346 g/mol. The number of carbonyl (C=O) groups excluding carboxylic acids is 1. The molecule has 5 heteroatoms. The normalized spacial score (nSPS) is 17.1. The maximum absolute atomic E-state index is 12.5. The fourth-order valence-corrected chi connectivity index (χ4v) is 4.10. The largest absolute Gasteiger partial charge is 0.379 e. The zero-order chi connectivity index (χ0) is 16.9. The lowest BCUT2D eigenvalue weighted by Gasteiger charge is -2.30. The SMILES string of the molecule is CCC(CN1CCOCC1)NC(=O)Cc1csc2ccc(C)cc12. The van der Waals surface area contributed by atoms with Crippen LogP contribution >= 0.6 is 11.3 Å². The van der Waals surface area contributed by atoms with Gasteiger partial charge in [-0.3, -0.25) is 9.69 Å². The van der Waals surface area contributed by atoms with Crippen LogP contribution in [0.5, 0.6) is 0 Å². The Labute approximate surface area is 147 Å². The molecule has 3 rings (SSSR count). The molecule has 2 heterocycles. The zero-order valence-electron chi connectivity index (χ0n) is 14.5. The van der Waals surface area contributed by atoms with Gasteiger partial charge in [-0.15, -0.1) is 11.3 Å². The van der Waals surface area contributed by atoms with Crippen LogP contribution in [-0.2, 0) is 16.0 Å². The van der Waals surface area contributed by atoms with E-state index in [0.717, 1.165) is 44.8 Å². The number of rotatable bonds is 6. The standard InChI is InChI=1S/C19H26N2O2S/c1-3-16(12-21-6-8-23-9-7-21)20-19(22)11-15-13-24-18-5-4-14(2)10-17(15)18/h4-5,10,13,16H,3,6-9,11-12H2,1-2H3,(H,20,22). The van der Waals surface area contributed by atoms with E-state index in [1.807, 2.05) is 0 Å². The van der Waals surface area contributed by atoms with Crippen LogP contribution in [0.2, 0.25) is 0 Å².